The third kappa shape index (κ3) is 3.92. The number of benzene rings is 2. The van der Waals surface area contributed by atoms with Gasteiger partial charge in [0.25, 0.3) is 0 Å². The summed E-state index contributed by atoms with van der Waals surface area (Å²) < 4.78 is 18.6. The van der Waals surface area contributed by atoms with Gasteiger partial charge in [0.15, 0.2) is 0 Å². The average Bonchev–Trinajstić information content (AvgIpc) is 3.04. The van der Waals surface area contributed by atoms with Crippen LogP contribution in [0.15, 0.2) is 48.5 Å². The first-order valence-electron chi connectivity index (χ1n) is 8.47. The van der Waals surface area contributed by atoms with Crippen molar-refractivity contribution in [3.8, 4) is 5.75 Å². The number of aromatic hydroxyl groups is 1. The molecule has 1 amide bonds. The van der Waals surface area contributed by atoms with Gasteiger partial charge in [0.1, 0.15) is 11.6 Å². The first-order valence-corrected chi connectivity index (χ1v) is 8.47. The standard InChI is InChI=1S/C20H22FNO3/c1-25-20(24)22-18-7-3-6-17(18)19(13-8-10-16(23)11-9-13)14-4-2-5-15(21)12-14/h2,4-5,8-12,17-19,23H,3,6-7H2,1H3,(H,22,24)/t17-,18-,19?/m0/s1. The molecule has 0 saturated heterocycles. The van der Waals surface area contributed by atoms with Crippen LogP contribution in [0, 0.1) is 11.7 Å². The Hall–Kier alpha value is -2.56. The number of amides is 1. The molecule has 132 valence electrons. The van der Waals surface area contributed by atoms with E-state index in [-0.39, 0.29) is 29.4 Å². The lowest BCUT2D eigenvalue weighted by molar-refractivity contribution is 0.162. The van der Waals surface area contributed by atoms with E-state index in [0.29, 0.717) is 0 Å². The van der Waals surface area contributed by atoms with E-state index in [2.05, 4.69) is 5.32 Å². The molecule has 0 aliphatic heterocycles. The van der Waals surface area contributed by atoms with Crippen LogP contribution in [0.5, 0.6) is 5.75 Å². The maximum atomic E-state index is 13.8. The van der Waals surface area contributed by atoms with Crippen molar-refractivity contribution in [2.75, 3.05) is 7.11 Å². The second-order valence-corrected chi connectivity index (χ2v) is 6.46. The largest absolute Gasteiger partial charge is 0.508 e. The van der Waals surface area contributed by atoms with Crippen LogP contribution in [0.25, 0.3) is 0 Å². The van der Waals surface area contributed by atoms with Gasteiger partial charge in [-0.3, -0.25) is 0 Å². The molecule has 0 heterocycles. The Balaban J connectivity index is 1.98. The van der Waals surface area contributed by atoms with Crippen molar-refractivity contribution in [3.05, 3.63) is 65.5 Å². The zero-order chi connectivity index (χ0) is 17.8. The molecule has 2 aromatic rings. The van der Waals surface area contributed by atoms with Crippen molar-refractivity contribution in [2.24, 2.45) is 5.92 Å². The summed E-state index contributed by atoms with van der Waals surface area (Å²) in [4.78, 5) is 11.7. The molecular formula is C20H22FNO3. The fraction of sp³-hybridized carbons (Fsp3) is 0.350. The van der Waals surface area contributed by atoms with Gasteiger partial charge in [-0.05, 0) is 54.2 Å². The number of carbonyl (C=O) groups excluding carboxylic acids is 1. The summed E-state index contributed by atoms with van der Waals surface area (Å²) in [6, 6.07) is 13.6. The number of phenolic OH excluding ortho intramolecular Hbond substituents is 1. The summed E-state index contributed by atoms with van der Waals surface area (Å²) in [6.45, 7) is 0. The average molecular weight is 343 g/mol. The van der Waals surface area contributed by atoms with Crippen molar-refractivity contribution in [3.63, 3.8) is 0 Å². The second-order valence-electron chi connectivity index (χ2n) is 6.46. The van der Waals surface area contributed by atoms with Gasteiger partial charge in [-0.25, -0.2) is 9.18 Å². The Kier molecular flexibility index (Phi) is 5.22. The van der Waals surface area contributed by atoms with Gasteiger partial charge < -0.3 is 15.2 Å². The number of alkyl carbamates (subject to hydrolysis) is 1. The maximum Gasteiger partial charge on any atom is 0.407 e. The van der Waals surface area contributed by atoms with E-state index < -0.39 is 6.09 Å². The van der Waals surface area contributed by atoms with E-state index in [1.165, 1.54) is 13.2 Å². The fourth-order valence-corrected chi connectivity index (χ4v) is 3.85. The number of rotatable bonds is 4. The van der Waals surface area contributed by atoms with E-state index in [1.54, 1.807) is 24.3 Å². The molecule has 2 N–H and O–H groups in total. The van der Waals surface area contributed by atoms with Crippen molar-refractivity contribution in [1.29, 1.82) is 0 Å². The van der Waals surface area contributed by atoms with E-state index in [4.69, 9.17) is 4.74 Å². The molecule has 1 aliphatic rings. The number of hydrogen-bond acceptors (Lipinski definition) is 3. The van der Waals surface area contributed by atoms with E-state index >= 15 is 0 Å². The van der Waals surface area contributed by atoms with Crippen LogP contribution in [0.2, 0.25) is 0 Å². The molecule has 3 rings (SSSR count). The number of halogens is 1. The first-order chi connectivity index (χ1) is 12.1. The van der Waals surface area contributed by atoms with Gasteiger partial charge in [0.2, 0.25) is 0 Å². The summed E-state index contributed by atoms with van der Waals surface area (Å²) in [5.74, 6) is -0.0273. The van der Waals surface area contributed by atoms with E-state index in [1.807, 2.05) is 18.2 Å². The lowest BCUT2D eigenvalue weighted by atomic mass is 9.78. The van der Waals surface area contributed by atoms with E-state index in [9.17, 15) is 14.3 Å². The minimum atomic E-state index is -0.444. The lowest BCUT2D eigenvalue weighted by Crippen LogP contribution is -2.39. The Morgan fingerprint density at radius 1 is 1.20 bits per heavy atom. The van der Waals surface area contributed by atoms with Gasteiger partial charge in [0.05, 0.1) is 7.11 Å². The highest BCUT2D eigenvalue weighted by atomic mass is 19.1. The topological polar surface area (TPSA) is 58.6 Å². The minimum Gasteiger partial charge on any atom is -0.508 e. The first kappa shape index (κ1) is 17.3. The number of nitrogens with one attached hydrogen (secondary N) is 1. The third-order valence-corrected chi connectivity index (χ3v) is 4.95. The smallest absolute Gasteiger partial charge is 0.407 e. The molecule has 0 spiro atoms. The van der Waals surface area contributed by atoms with Crippen molar-refractivity contribution < 1.29 is 19.0 Å². The SMILES string of the molecule is COC(=O)N[C@H]1CCC[C@@H]1C(c1ccc(O)cc1)c1cccc(F)c1. The van der Waals surface area contributed by atoms with Crippen molar-refractivity contribution in [2.45, 2.75) is 31.2 Å². The highest BCUT2D eigenvalue weighted by Gasteiger charge is 2.36. The van der Waals surface area contributed by atoms with Crippen LogP contribution in [0.4, 0.5) is 9.18 Å². The Bertz CT molecular complexity index is 732. The molecule has 1 fully saturated rings. The molecule has 5 heteroatoms. The molecule has 1 saturated carbocycles. The molecule has 0 bridgehead atoms. The van der Waals surface area contributed by atoms with Crippen molar-refractivity contribution >= 4 is 6.09 Å². The molecule has 1 unspecified atom stereocenters. The van der Waals surface area contributed by atoms with Gasteiger partial charge in [-0.15, -0.1) is 0 Å². The summed E-state index contributed by atoms with van der Waals surface area (Å²) in [5, 5.41) is 12.5. The molecule has 0 radical (unpaired) electrons. The third-order valence-electron chi connectivity index (χ3n) is 4.95. The number of phenols is 1. The number of methoxy groups -OCH3 is 1. The van der Waals surface area contributed by atoms with Crippen LogP contribution in [-0.2, 0) is 4.74 Å². The molecule has 4 nitrogen and oxygen atoms in total. The summed E-state index contributed by atoms with van der Waals surface area (Å²) in [7, 11) is 1.35. The highest BCUT2D eigenvalue weighted by molar-refractivity contribution is 5.67. The van der Waals surface area contributed by atoms with Crippen LogP contribution in [0.1, 0.15) is 36.3 Å². The Morgan fingerprint density at radius 2 is 1.96 bits per heavy atom. The molecule has 3 atom stereocenters. The van der Waals surface area contributed by atoms with E-state index in [0.717, 1.165) is 30.4 Å². The van der Waals surface area contributed by atoms with Crippen molar-refractivity contribution in [1.82, 2.24) is 5.32 Å². The predicted octanol–water partition coefficient (Wildman–Crippen LogP) is 4.19. The zero-order valence-electron chi connectivity index (χ0n) is 14.1. The van der Waals surface area contributed by atoms with Gasteiger partial charge >= 0.3 is 6.09 Å². The zero-order valence-corrected chi connectivity index (χ0v) is 14.1. The van der Waals surface area contributed by atoms with Crippen LogP contribution >= 0.6 is 0 Å². The normalized spacial score (nSPS) is 20.9. The fourth-order valence-electron chi connectivity index (χ4n) is 3.85. The Morgan fingerprint density at radius 3 is 2.64 bits per heavy atom. The van der Waals surface area contributed by atoms with Crippen LogP contribution in [-0.4, -0.2) is 24.4 Å². The predicted molar refractivity (Wildman–Crippen MR) is 93.0 cm³/mol. The quantitative estimate of drug-likeness (QED) is 0.875. The number of hydrogen-bond donors (Lipinski definition) is 2. The van der Waals surface area contributed by atoms with Gasteiger partial charge in [-0.2, -0.15) is 0 Å². The van der Waals surface area contributed by atoms with Gasteiger partial charge in [0, 0.05) is 12.0 Å². The summed E-state index contributed by atoms with van der Waals surface area (Å²) in [6.07, 6.45) is 2.34. The minimum absolute atomic E-state index is 0.0329. The molecule has 2 aromatic carbocycles. The highest BCUT2D eigenvalue weighted by Crippen LogP contribution is 2.42. The monoisotopic (exact) mass is 343 g/mol. The number of ether oxygens (including phenoxy) is 1. The van der Waals surface area contributed by atoms with Crippen LogP contribution in [0.3, 0.4) is 0 Å². The molecule has 1 aliphatic carbocycles. The summed E-state index contributed by atoms with van der Waals surface area (Å²) >= 11 is 0. The summed E-state index contributed by atoms with van der Waals surface area (Å²) in [5.41, 5.74) is 1.86. The lowest BCUT2D eigenvalue weighted by Gasteiger charge is -2.30. The van der Waals surface area contributed by atoms with Gasteiger partial charge in [-0.1, -0.05) is 30.7 Å². The maximum absolute atomic E-state index is 13.8. The van der Waals surface area contributed by atoms with Crippen LogP contribution < -0.4 is 5.32 Å². The molecular weight excluding hydrogens is 321 g/mol. The Labute approximate surface area is 146 Å². The molecule has 0 aromatic heterocycles. The second kappa shape index (κ2) is 7.55. The number of carbonyl (C=O) groups is 1. The molecule has 25 heavy (non-hydrogen) atoms.